The fourth-order valence-corrected chi connectivity index (χ4v) is 3.71. The van der Waals surface area contributed by atoms with Gasteiger partial charge in [-0.05, 0) is 66.9 Å². The van der Waals surface area contributed by atoms with Crippen molar-refractivity contribution in [3.05, 3.63) is 57.6 Å². The highest BCUT2D eigenvalue weighted by molar-refractivity contribution is 9.10. The summed E-state index contributed by atoms with van der Waals surface area (Å²) in [6.45, 7) is 8.18. The average molecular weight is 481 g/mol. The monoisotopic (exact) mass is 480 g/mol. The quantitative estimate of drug-likeness (QED) is 0.579. The van der Waals surface area contributed by atoms with Crippen molar-refractivity contribution in [2.75, 3.05) is 18.5 Å². The van der Waals surface area contributed by atoms with Crippen molar-refractivity contribution < 1.29 is 23.4 Å². The molecule has 8 heteroatoms. The number of hydrogen-bond acceptors (Lipinski definition) is 6. The van der Waals surface area contributed by atoms with E-state index >= 15 is 0 Å². The molecule has 1 aliphatic rings. The number of nitrogens with one attached hydrogen (secondary N) is 1. The zero-order valence-electron chi connectivity index (χ0n) is 17.5. The smallest absolute Gasteiger partial charge is 0.359 e. The van der Waals surface area contributed by atoms with Gasteiger partial charge in [0.2, 0.25) is 0 Å². The molecule has 1 aliphatic heterocycles. The summed E-state index contributed by atoms with van der Waals surface area (Å²) in [5.41, 5.74) is 2.51. The van der Waals surface area contributed by atoms with Crippen LogP contribution in [0.25, 0.3) is 0 Å². The minimum Gasteiger partial charge on any atom is -0.458 e. The van der Waals surface area contributed by atoms with Crippen LogP contribution in [0.3, 0.4) is 0 Å². The van der Waals surface area contributed by atoms with Gasteiger partial charge in [-0.1, -0.05) is 12.1 Å². The number of carbonyl (C=O) groups excluding carboxylic acids is 1. The third-order valence-electron chi connectivity index (χ3n) is 4.51. The highest BCUT2D eigenvalue weighted by atomic mass is 79.9. The van der Waals surface area contributed by atoms with Crippen molar-refractivity contribution >= 4 is 27.6 Å². The van der Waals surface area contributed by atoms with Crippen LogP contribution >= 0.6 is 15.9 Å². The Morgan fingerprint density at radius 3 is 2.67 bits per heavy atom. The number of pyridine rings is 1. The van der Waals surface area contributed by atoms with E-state index in [4.69, 9.17) is 14.2 Å². The van der Waals surface area contributed by atoms with Crippen molar-refractivity contribution in [3.63, 3.8) is 0 Å². The van der Waals surface area contributed by atoms with E-state index in [9.17, 15) is 9.18 Å². The number of benzene rings is 1. The fraction of sp³-hybridized carbons (Fsp3) is 0.455. The van der Waals surface area contributed by atoms with Gasteiger partial charge in [0.1, 0.15) is 11.9 Å². The third kappa shape index (κ3) is 5.77. The SMILES string of the molecule is CC(C)OC(=O)c1ncc(Cc2ccc(F)cc2)c(Br)c1NCC1COC(C)(C)O1. The van der Waals surface area contributed by atoms with Crippen LogP contribution in [-0.2, 0) is 20.6 Å². The molecule has 1 N–H and O–H groups in total. The second-order valence-corrected chi connectivity index (χ2v) is 8.70. The molecular formula is C22H26BrFN2O4. The van der Waals surface area contributed by atoms with Crippen LogP contribution in [0.1, 0.15) is 49.3 Å². The maximum Gasteiger partial charge on any atom is 0.359 e. The lowest BCUT2D eigenvalue weighted by atomic mass is 10.1. The lowest BCUT2D eigenvalue weighted by Gasteiger charge is -2.20. The van der Waals surface area contributed by atoms with Gasteiger partial charge in [-0.2, -0.15) is 0 Å². The molecule has 1 aromatic carbocycles. The maximum absolute atomic E-state index is 13.2. The Hall–Kier alpha value is -2.03. The number of rotatable bonds is 7. The molecule has 1 fully saturated rings. The molecule has 0 bridgehead atoms. The largest absolute Gasteiger partial charge is 0.458 e. The third-order valence-corrected chi connectivity index (χ3v) is 5.41. The van der Waals surface area contributed by atoms with Gasteiger partial charge in [0, 0.05) is 23.6 Å². The zero-order chi connectivity index (χ0) is 21.9. The van der Waals surface area contributed by atoms with Gasteiger partial charge in [0.25, 0.3) is 0 Å². The lowest BCUT2D eigenvalue weighted by molar-refractivity contribution is -0.136. The number of halogens is 2. The van der Waals surface area contributed by atoms with E-state index in [1.54, 1.807) is 32.2 Å². The molecule has 1 saturated heterocycles. The van der Waals surface area contributed by atoms with Crippen molar-refractivity contribution in [1.82, 2.24) is 4.98 Å². The van der Waals surface area contributed by atoms with Gasteiger partial charge in [-0.3, -0.25) is 0 Å². The van der Waals surface area contributed by atoms with E-state index in [0.717, 1.165) is 11.1 Å². The number of anilines is 1. The molecule has 1 atom stereocenters. The Kier molecular flexibility index (Phi) is 7.10. The first kappa shape index (κ1) is 22.7. The van der Waals surface area contributed by atoms with Crippen LogP contribution in [0, 0.1) is 5.82 Å². The summed E-state index contributed by atoms with van der Waals surface area (Å²) in [5, 5.41) is 3.28. The van der Waals surface area contributed by atoms with Gasteiger partial charge in [0.05, 0.1) is 18.4 Å². The Morgan fingerprint density at radius 1 is 1.37 bits per heavy atom. The van der Waals surface area contributed by atoms with E-state index in [2.05, 4.69) is 26.2 Å². The topological polar surface area (TPSA) is 69.7 Å². The second kappa shape index (κ2) is 9.41. The first-order valence-corrected chi connectivity index (χ1v) is 10.6. The van der Waals surface area contributed by atoms with Crippen LogP contribution in [0.15, 0.2) is 34.9 Å². The maximum atomic E-state index is 13.2. The normalized spacial score (nSPS) is 17.9. The molecule has 2 heterocycles. The molecule has 6 nitrogen and oxygen atoms in total. The molecule has 162 valence electrons. The average Bonchev–Trinajstić information content (AvgIpc) is 3.02. The molecule has 1 unspecified atom stereocenters. The minimum atomic E-state index is -0.633. The number of hydrogen-bond donors (Lipinski definition) is 1. The van der Waals surface area contributed by atoms with E-state index in [1.165, 1.54) is 12.1 Å². The zero-order valence-corrected chi connectivity index (χ0v) is 19.1. The van der Waals surface area contributed by atoms with Crippen molar-refractivity contribution in [1.29, 1.82) is 0 Å². The van der Waals surface area contributed by atoms with Gasteiger partial charge < -0.3 is 19.5 Å². The number of ether oxygens (including phenoxy) is 3. The van der Waals surface area contributed by atoms with Crippen molar-refractivity contribution in [3.8, 4) is 0 Å². The van der Waals surface area contributed by atoms with Crippen LogP contribution in [0.2, 0.25) is 0 Å². The second-order valence-electron chi connectivity index (χ2n) is 7.91. The van der Waals surface area contributed by atoms with Crippen LogP contribution in [0.4, 0.5) is 10.1 Å². The van der Waals surface area contributed by atoms with Crippen LogP contribution < -0.4 is 5.32 Å². The molecule has 0 amide bonds. The molecule has 0 spiro atoms. The summed E-state index contributed by atoms with van der Waals surface area (Å²) < 4.78 is 30.7. The van der Waals surface area contributed by atoms with Crippen molar-refractivity contribution in [2.24, 2.45) is 0 Å². The molecule has 30 heavy (non-hydrogen) atoms. The first-order valence-electron chi connectivity index (χ1n) is 9.83. The number of nitrogens with zero attached hydrogens (tertiary/aromatic N) is 1. The predicted molar refractivity (Wildman–Crippen MR) is 115 cm³/mol. The lowest BCUT2D eigenvalue weighted by Crippen LogP contribution is -2.27. The summed E-state index contributed by atoms with van der Waals surface area (Å²) in [6, 6.07) is 6.29. The van der Waals surface area contributed by atoms with E-state index in [1.807, 2.05) is 13.8 Å². The summed E-state index contributed by atoms with van der Waals surface area (Å²) in [6.07, 6.45) is 1.73. The summed E-state index contributed by atoms with van der Waals surface area (Å²) in [5.74, 6) is -1.43. The van der Waals surface area contributed by atoms with Gasteiger partial charge in [-0.15, -0.1) is 0 Å². The highest BCUT2D eigenvalue weighted by Crippen LogP contribution is 2.32. The van der Waals surface area contributed by atoms with E-state index in [-0.39, 0.29) is 23.7 Å². The predicted octanol–water partition coefficient (Wildman–Crippen LogP) is 4.70. The molecule has 0 saturated carbocycles. The van der Waals surface area contributed by atoms with Crippen LogP contribution in [-0.4, -0.2) is 42.1 Å². The number of carbonyl (C=O) groups is 1. The molecular weight excluding hydrogens is 455 g/mol. The standard InChI is InChI=1S/C22H26BrFN2O4/c1-13(2)29-21(27)20-19(26-11-17-12-28-22(3,4)30-17)18(23)15(10-25-20)9-14-5-7-16(24)8-6-14/h5-8,10,13,17,26H,9,11-12H2,1-4H3. The molecule has 0 radical (unpaired) electrons. The minimum absolute atomic E-state index is 0.165. The number of aromatic nitrogens is 1. The Balaban J connectivity index is 1.86. The molecule has 1 aromatic heterocycles. The summed E-state index contributed by atoms with van der Waals surface area (Å²) in [7, 11) is 0. The Labute approximate surface area is 184 Å². The number of esters is 1. The first-order chi connectivity index (χ1) is 14.1. The Morgan fingerprint density at radius 2 is 2.07 bits per heavy atom. The van der Waals surface area contributed by atoms with E-state index < -0.39 is 11.8 Å². The summed E-state index contributed by atoms with van der Waals surface area (Å²) >= 11 is 3.61. The summed E-state index contributed by atoms with van der Waals surface area (Å²) in [4.78, 5) is 17.0. The van der Waals surface area contributed by atoms with Crippen LogP contribution in [0.5, 0.6) is 0 Å². The fourth-order valence-electron chi connectivity index (χ4n) is 3.14. The van der Waals surface area contributed by atoms with Gasteiger partial charge >= 0.3 is 5.97 Å². The molecule has 2 aromatic rings. The Bertz CT molecular complexity index is 903. The van der Waals surface area contributed by atoms with E-state index in [0.29, 0.717) is 29.7 Å². The van der Waals surface area contributed by atoms with Gasteiger partial charge in [-0.25, -0.2) is 14.2 Å². The molecule has 0 aliphatic carbocycles. The van der Waals surface area contributed by atoms with Crippen molar-refractivity contribution in [2.45, 2.75) is 52.1 Å². The molecule has 3 rings (SSSR count). The highest BCUT2D eigenvalue weighted by Gasteiger charge is 2.33. The van der Waals surface area contributed by atoms with Gasteiger partial charge in [0.15, 0.2) is 11.5 Å².